The molecule has 0 fully saturated rings. The molecule has 0 aliphatic carbocycles. The molecule has 0 saturated heterocycles. The maximum Gasteiger partial charge on any atom is 0.283 e. The van der Waals surface area contributed by atoms with Gasteiger partial charge in [-0.05, 0) is 67.6 Å². The molecule has 0 unspecified atom stereocenters. The van der Waals surface area contributed by atoms with Crippen LogP contribution in [0.25, 0.3) is 0 Å². The van der Waals surface area contributed by atoms with Crippen molar-refractivity contribution in [3.63, 3.8) is 0 Å². The van der Waals surface area contributed by atoms with Gasteiger partial charge in [-0.2, -0.15) is 0 Å². The first kappa shape index (κ1) is 24.1. The Bertz CT molecular complexity index is 1480. The minimum Gasteiger partial charge on any atom is -0.350 e. The highest BCUT2D eigenvalue weighted by atomic mass is 32.2. The van der Waals surface area contributed by atoms with Crippen molar-refractivity contribution in [3.05, 3.63) is 131 Å². The van der Waals surface area contributed by atoms with Gasteiger partial charge in [0.25, 0.3) is 17.7 Å². The minimum atomic E-state index is -0.411. The predicted octanol–water partition coefficient (Wildman–Crippen LogP) is 6.24. The number of rotatable bonds is 7. The molecule has 2 N–H and O–H groups in total. The zero-order chi connectivity index (χ0) is 25.8. The largest absolute Gasteiger partial charge is 0.350 e. The number of hydrogen-bond donors (Lipinski definition) is 2. The molecule has 4 aromatic rings. The number of aryl methyl sites for hydroxylation is 1. The normalized spacial score (nSPS) is 13.2. The average Bonchev–Trinajstić information content (AvgIpc) is 3.15. The molecule has 0 spiro atoms. The van der Waals surface area contributed by atoms with Gasteiger partial charge in [0.05, 0.1) is 5.69 Å². The minimum absolute atomic E-state index is 0.205. The van der Waals surface area contributed by atoms with Crippen LogP contribution < -0.4 is 15.5 Å². The Balaban J connectivity index is 1.40. The molecule has 0 radical (unpaired) electrons. The molecule has 4 aromatic carbocycles. The Labute approximate surface area is 219 Å². The summed E-state index contributed by atoms with van der Waals surface area (Å²) in [6, 6.07) is 32.6. The highest BCUT2D eigenvalue weighted by Gasteiger charge is 2.40. The third-order valence-corrected chi connectivity index (χ3v) is 6.84. The second-order valence-corrected chi connectivity index (χ2v) is 9.51. The summed E-state index contributed by atoms with van der Waals surface area (Å²) in [6.45, 7) is 1.98. The van der Waals surface area contributed by atoms with E-state index in [1.807, 2.05) is 67.6 Å². The molecule has 1 heterocycles. The van der Waals surface area contributed by atoms with Crippen LogP contribution >= 0.6 is 11.8 Å². The maximum atomic E-state index is 13.5. The number of carbonyl (C=O) groups excluding carboxylic acids is 3. The number of anilines is 3. The number of thioether (sulfide) groups is 1. The molecule has 0 atom stereocenters. The zero-order valence-electron chi connectivity index (χ0n) is 20.0. The molecule has 1 aliphatic rings. The standard InChI is InChI=1S/C30H23N3O3S/c1-20-12-14-22(15-13-20)31-26-27(30(36)33(29(26)35)24-10-6-3-7-11-24)37-25-18-16-23(17-19-25)32-28(34)21-8-4-2-5-9-21/h2-19,31H,1H3,(H,32,34). The Kier molecular flexibility index (Phi) is 6.87. The van der Waals surface area contributed by atoms with Crippen LogP contribution in [-0.2, 0) is 9.59 Å². The van der Waals surface area contributed by atoms with E-state index in [9.17, 15) is 14.4 Å². The second-order valence-electron chi connectivity index (χ2n) is 8.42. The number of hydrogen-bond acceptors (Lipinski definition) is 5. The summed E-state index contributed by atoms with van der Waals surface area (Å²) in [5, 5.41) is 6.03. The summed E-state index contributed by atoms with van der Waals surface area (Å²) in [5.41, 5.74) is 3.74. The number of amides is 3. The summed E-state index contributed by atoms with van der Waals surface area (Å²) in [6.07, 6.45) is 0. The van der Waals surface area contributed by atoms with E-state index in [0.717, 1.165) is 10.5 Å². The van der Waals surface area contributed by atoms with Crippen LogP contribution in [0.2, 0.25) is 0 Å². The topological polar surface area (TPSA) is 78.5 Å². The summed E-state index contributed by atoms with van der Waals surface area (Å²) in [5.74, 6) is -1.01. The fraction of sp³-hybridized carbons (Fsp3) is 0.0333. The van der Waals surface area contributed by atoms with Crippen LogP contribution in [0.3, 0.4) is 0 Å². The van der Waals surface area contributed by atoms with Gasteiger partial charge in [-0.25, -0.2) is 4.90 Å². The summed E-state index contributed by atoms with van der Waals surface area (Å²) >= 11 is 1.21. The van der Waals surface area contributed by atoms with Gasteiger partial charge in [0.15, 0.2) is 0 Å². The van der Waals surface area contributed by atoms with E-state index in [2.05, 4.69) is 10.6 Å². The second kappa shape index (κ2) is 10.6. The Hall–Kier alpha value is -4.62. The molecule has 1 aliphatic heterocycles. The molecule has 6 nitrogen and oxygen atoms in total. The fourth-order valence-electron chi connectivity index (χ4n) is 3.82. The molecular weight excluding hydrogens is 482 g/mol. The van der Waals surface area contributed by atoms with Crippen molar-refractivity contribution < 1.29 is 14.4 Å². The lowest BCUT2D eigenvalue weighted by Crippen LogP contribution is -2.32. The molecule has 37 heavy (non-hydrogen) atoms. The lowest BCUT2D eigenvalue weighted by Gasteiger charge is -2.15. The first-order valence-electron chi connectivity index (χ1n) is 11.7. The SMILES string of the molecule is Cc1ccc(NC2=C(Sc3ccc(NC(=O)c4ccccc4)cc3)C(=O)N(c3ccccc3)C2=O)cc1. The van der Waals surface area contributed by atoms with E-state index in [-0.39, 0.29) is 11.6 Å². The first-order chi connectivity index (χ1) is 18.0. The van der Waals surface area contributed by atoms with Crippen molar-refractivity contribution in [1.82, 2.24) is 0 Å². The van der Waals surface area contributed by atoms with E-state index in [0.29, 0.717) is 27.5 Å². The third-order valence-electron chi connectivity index (χ3n) is 5.74. The summed E-state index contributed by atoms with van der Waals surface area (Å²) < 4.78 is 0. The van der Waals surface area contributed by atoms with Crippen LogP contribution in [0, 0.1) is 6.92 Å². The van der Waals surface area contributed by atoms with Crippen molar-refractivity contribution in [1.29, 1.82) is 0 Å². The van der Waals surface area contributed by atoms with Crippen molar-refractivity contribution in [3.8, 4) is 0 Å². The van der Waals surface area contributed by atoms with E-state index < -0.39 is 11.8 Å². The van der Waals surface area contributed by atoms with Crippen LogP contribution in [0.1, 0.15) is 15.9 Å². The molecule has 0 bridgehead atoms. The van der Waals surface area contributed by atoms with Crippen LogP contribution in [-0.4, -0.2) is 17.7 Å². The smallest absolute Gasteiger partial charge is 0.283 e. The highest BCUT2D eigenvalue weighted by Crippen LogP contribution is 2.38. The van der Waals surface area contributed by atoms with Gasteiger partial charge in [0, 0.05) is 21.8 Å². The maximum absolute atomic E-state index is 13.5. The van der Waals surface area contributed by atoms with Gasteiger partial charge in [-0.15, -0.1) is 0 Å². The van der Waals surface area contributed by atoms with Gasteiger partial charge in [0.2, 0.25) is 0 Å². The van der Waals surface area contributed by atoms with E-state index >= 15 is 0 Å². The van der Waals surface area contributed by atoms with Crippen molar-refractivity contribution >= 4 is 46.5 Å². The van der Waals surface area contributed by atoms with E-state index in [4.69, 9.17) is 0 Å². The van der Waals surface area contributed by atoms with E-state index in [1.165, 1.54) is 16.7 Å². The van der Waals surface area contributed by atoms with Crippen LogP contribution in [0.4, 0.5) is 17.1 Å². The molecule has 182 valence electrons. The van der Waals surface area contributed by atoms with Crippen LogP contribution in [0.5, 0.6) is 0 Å². The summed E-state index contributed by atoms with van der Waals surface area (Å²) in [4.78, 5) is 41.6. The highest BCUT2D eigenvalue weighted by molar-refractivity contribution is 8.04. The number of nitrogens with one attached hydrogen (secondary N) is 2. The Morgan fingerprint density at radius 1 is 0.703 bits per heavy atom. The van der Waals surface area contributed by atoms with Gasteiger partial charge in [-0.1, -0.05) is 65.9 Å². The van der Waals surface area contributed by atoms with Crippen LogP contribution in [0.15, 0.2) is 125 Å². The lowest BCUT2D eigenvalue weighted by molar-refractivity contribution is -0.120. The monoisotopic (exact) mass is 505 g/mol. The molecule has 5 rings (SSSR count). The van der Waals surface area contributed by atoms with Crippen molar-refractivity contribution in [2.24, 2.45) is 0 Å². The van der Waals surface area contributed by atoms with Gasteiger partial charge < -0.3 is 10.6 Å². The number of para-hydroxylation sites is 1. The predicted molar refractivity (Wildman–Crippen MR) is 147 cm³/mol. The third kappa shape index (κ3) is 5.32. The Morgan fingerprint density at radius 3 is 1.95 bits per heavy atom. The van der Waals surface area contributed by atoms with Gasteiger partial charge >= 0.3 is 0 Å². The zero-order valence-corrected chi connectivity index (χ0v) is 20.8. The van der Waals surface area contributed by atoms with Crippen molar-refractivity contribution in [2.45, 2.75) is 11.8 Å². The number of imide groups is 1. The van der Waals surface area contributed by atoms with E-state index in [1.54, 1.807) is 48.5 Å². The average molecular weight is 506 g/mol. The van der Waals surface area contributed by atoms with Crippen molar-refractivity contribution in [2.75, 3.05) is 15.5 Å². The molecule has 3 amide bonds. The fourth-order valence-corrected chi connectivity index (χ4v) is 4.75. The molecule has 0 saturated carbocycles. The number of benzene rings is 4. The lowest BCUT2D eigenvalue weighted by atomic mass is 10.2. The quantitative estimate of drug-likeness (QED) is 0.291. The summed E-state index contributed by atoms with van der Waals surface area (Å²) in [7, 11) is 0. The molecule has 0 aromatic heterocycles. The molecular formula is C30H23N3O3S. The van der Waals surface area contributed by atoms with Gasteiger partial charge in [-0.3, -0.25) is 14.4 Å². The number of nitrogens with zero attached hydrogens (tertiary/aromatic N) is 1. The Morgan fingerprint density at radius 2 is 1.30 bits per heavy atom. The number of carbonyl (C=O) groups is 3. The molecule has 7 heteroatoms. The first-order valence-corrected chi connectivity index (χ1v) is 12.5. The van der Waals surface area contributed by atoms with Gasteiger partial charge in [0.1, 0.15) is 10.6 Å².